The van der Waals surface area contributed by atoms with Crippen LogP contribution in [0.1, 0.15) is 44.9 Å². The van der Waals surface area contributed by atoms with Crippen molar-refractivity contribution in [3.05, 3.63) is 22.9 Å². The van der Waals surface area contributed by atoms with Gasteiger partial charge >= 0.3 is 11.8 Å². The third-order valence-corrected chi connectivity index (χ3v) is 5.44. The van der Waals surface area contributed by atoms with E-state index in [2.05, 4.69) is 36.9 Å². The number of halogens is 1. The molecule has 1 unspecified atom stereocenters. The van der Waals surface area contributed by atoms with Crippen LogP contribution in [0.25, 0.3) is 0 Å². The quantitative estimate of drug-likeness (QED) is 0.530. The number of aromatic nitrogens is 1. The van der Waals surface area contributed by atoms with Crippen molar-refractivity contribution in [2.45, 2.75) is 56.5 Å². The molecule has 1 saturated carbocycles. The minimum atomic E-state index is -0.643. The molecule has 2 heterocycles. The van der Waals surface area contributed by atoms with Crippen molar-refractivity contribution < 1.29 is 9.59 Å². The number of amides is 2. The molecule has 1 spiro atoms. The van der Waals surface area contributed by atoms with Crippen LogP contribution in [-0.2, 0) is 9.59 Å². The SMILES string of the molecule is O=C(Nc1ccc(Br)nc1)C(=O)NC1CCNC2(CCCCC2)C1. The van der Waals surface area contributed by atoms with Gasteiger partial charge in [0.25, 0.3) is 0 Å². The summed E-state index contributed by atoms with van der Waals surface area (Å²) >= 11 is 3.23. The average Bonchev–Trinajstić information content (AvgIpc) is 2.57. The second-order valence-electron chi connectivity index (χ2n) is 6.75. The molecule has 24 heavy (non-hydrogen) atoms. The smallest absolute Gasteiger partial charge is 0.313 e. The number of nitrogens with one attached hydrogen (secondary N) is 3. The fraction of sp³-hybridized carbons (Fsp3) is 0.588. The van der Waals surface area contributed by atoms with Crippen LogP contribution in [0.3, 0.4) is 0 Å². The Balaban J connectivity index is 1.53. The van der Waals surface area contributed by atoms with Gasteiger partial charge in [0.05, 0.1) is 11.9 Å². The summed E-state index contributed by atoms with van der Waals surface area (Å²) in [5.41, 5.74) is 0.660. The lowest BCUT2D eigenvalue weighted by atomic mass is 9.75. The molecule has 130 valence electrons. The fourth-order valence-electron chi connectivity index (χ4n) is 3.78. The molecule has 7 heteroatoms. The second kappa shape index (κ2) is 7.61. The minimum Gasteiger partial charge on any atom is -0.345 e. The van der Waals surface area contributed by atoms with Gasteiger partial charge in [-0.2, -0.15) is 0 Å². The number of pyridine rings is 1. The zero-order valence-electron chi connectivity index (χ0n) is 13.6. The van der Waals surface area contributed by atoms with Crippen LogP contribution in [-0.4, -0.2) is 34.9 Å². The first-order chi connectivity index (χ1) is 11.6. The van der Waals surface area contributed by atoms with Gasteiger partial charge in [-0.3, -0.25) is 9.59 Å². The zero-order valence-corrected chi connectivity index (χ0v) is 15.2. The number of piperidine rings is 1. The topological polar surface area (TPSA) is 83.1 Å². The van der Waals surface area contributed by atoms with Gasteiger partial charge in [0, 0.05) is 11.6 Å². The number of anilines is 1. The highest BCUT2D eigenvalue weighted by atomic mass is 79.9. The Morgan fingerprint density at radius 3 is 2.71 bits per heavy atom. The van der Waals surface area contributed by atoms with Crippen LogP contribution in [0.15, 0.2) is 22.9 Å². The first-order valence-electron chi connectivity index (χ1n) is 8.55. The highest BCUT2D eigenvalue weighted by molar-refractivity contribution is 9.10. The molecule has 1 atom stereocenters. The lowest BCUT2D eigenvalue weighted by Crippen LogP contribution is -2.57. The van der Waals surface area contributed by atoms with Crippen molar-refractivity contribution >= 4 is 33.4 Å². The molecular formula is C17H23BrN4O2. The summed E-state index contributed by atoms with van der Waals surface area (Å²) in [5.74, 6) is -1.22. The molecule has 3 rings (SSSR count). The number of carbonyl (C=O) groups is 2. The Morgan fingerprint density at radius 2 is 2.00 bits per heavy atom. The van der Waals surface area contributed by atoms with E-state index in [0.29, 0.717) is 10.3 Å². The molecule has 6 nitrogen and oxygen atoms in total. The Kier molecular flexibility index (Phi) is 5.50. The predicted molar refractivity (Wildman–Crippen MR) is 95.6 cm³/mol. The van der Waals surface area contributed by atoms with Crippen LogP contribution in [0, 0.1) is 0 Å². The standard InChI is InChI=1S/C17H23BrN4O2/c18-14-5-4-13(11-19-14)22-16(24)15(23)21-12-6-9-20-17(10-12)7-2-1-3-8-17/h4-5,11-12,20H,1-3,6-10H2,(H,21,23)(H,22,24). The number of rotatable bonds is 2. The highest BCUT2D eigenvalue weighted by Gasteiger charge is 2.37. The van der Waals surface area contributed by atoms with Crippen LogP contribution < -0.4 is 16.0 Å². The summed E-state index contributed by atoms with van der Waals surface area (Å²) in [5, 5.41) is 9.13. The number of carbonyl (C=O) groups excluding carboxylic acids is 2. The van der Waals surface area contributed by atoms with Gasteiger partial charge in [-0.25, -0.2) is 4.98 Å². The number of nitrogens with zero attached hydrogens (tertiary/aromatic N) is 1. The molecule has 1 aliphatic heterocycles. The van der Waals surface area contributed by atoms with Crippen LogP contribution in [0.5, 0.6) is 0 Å². The summed E-state index contributed by atoms with van der Waals surface area (Å²) in [4.78, 5) is 28.3. The third kappa shape index (κ3) is 4.33. The molecule has 0 bridgehead atoms. The van der Waals surface area contributed by atoms with E-state index in [-0.39, 0.29) is 11.6 Å². The van der Waals surface area contributed by atoms with Crippen molar-refractivity contribution in [3.8, 4) is 0 Å². The average molecular weight is 395 g/mol. The highest BCUT2D eigenvalue weighted by Crippen LogP contribution is 2.34. The summed E-state index contributed by atoms with van der Waals surface area (Å²) in [6.45, 7) is 0.892. The molecular weight excluding hydrogens is 372 g/mol. The molecule has 0 radical (unpaired) electrons. The van der Waals surface area contributed by atoms with Gasteiger partial charge in [0.1, 0.15) is 4.60 Å². The van der Waals surface area contributed by atoms with Crippen molar-refractivity contribution in [3.63, 3.8) is 0 Å². The monoisotopic (exact) mass is 394 g/mol. The van der Waals surface area contributed by atoms with Gasteiger partial charge in [-0.1, -0.05) is 19.3 Å². The molecule has 2 amide bonds. The normalized spacial score (nSPS) is 22.8. The van der Waals surface area contributed by atoms with Crippen molar-refractivity contribution in [1.29, 1.82) is 0 Å². The first-order valence-corrected chi connectivity index (χ1v) is 9.34. The Hall–Kier alpha value is -1.47. The molecule has 1 saturated heterocycles. The van der Waals surface area contributed by atoms with Gasteiger partial charge in [0.2, 0.25) is 0 Å². The number of hydrogen-bond acceptors (Lipinski definition) is 4. The van der Waals surface area contributed by atoms with E-state index in [1.165, 1.54) is 25.5 Å². The summed E-state index contributed by atoms with van der Waals surface area (Å²) < 4.78 is 0.678. The van der Waals surface area contributed by atoms with Crippen molar-refractivity contribution in [2.75, 3.05) is 11.9 Å². The van der Waals surface area contributed by atoms with E-state index >= 15 is 0 Å². The van der Waals surface area contributed by atoms with Gasteiger partial charge in [0.15, 0.2) is 0 Å². The van der Waals surface area contributed by atoms with E-state index in [1.807, 2.05) is 0 Å². The second-order valence-corrected chi connectivity index (χ2v) is 7.57. The minimum absolute atomic E-state index is 0.0608. The van der Waals surface area contributed by atoms with Crippen LogP contribution in [0.2, 0.25) is 0 Å². The zero-order chi connectivity index (χ0) is 17.0. The Morgan fingerprint density at radius 1 is 1.21 bits per heavy atom. The molecule has 2 aliphatic rings. The van der Waals surface area contributed by atoms with E-state index in [4.69, 9.17) is 0 Å². The summed E-state index contributed by atoms with van der Waals surface area (Å²) in [6.07, 6.45) is 9.38. The molecule has 1 aromatic heterocycles. The predicted octanol–water partition coefficient (Wildman–Crippen LogP) is 2.35. The van der Waals surface area contributed by atoms with Gasteiger partial charge in [-0.15, -0.1) is 0 Å². The maximum atomic E-state index is 12.2. The maximum absolute atomic E-state index is 12.2. The van der Waals surface area contributed by atoms with E-state index in [9.17, 15) is 9.59 Å². The molecule has 0 aromatic carbocycles. The number of hydrogen-bond donors (Lipinski definition) is 3. The van der Waals surface area contributed by atoms with Gasteiger partial charge < -0.3 is 16.0 Å². The summed E-state index contributed by atoms with van der Waals surface area (Å²) in [7, 11) is 0. The Labute approximate surface area is 150 Å². The first kappa shape index (κ1) is 17.4. The van der Waals surface area contributed by atoms with E-state index < -0.39 is 11.8 Å². The van der Waals surface area contributed by atoms with Gasteiger partial charge in [-0.05, 0) is 60.3 Å². The summed E-state index contributed by atoms with van der Waals surface area (Å²) in [6, 6.07) is 3.47. The van der Waals surface area contributed by atoms with Crippen molar-refractivity contribution in [1.82, 2.24) is 15.6 Å². The molecule has 2 fully saturated rings. The van der Waals surface area contributed by atoms with Crippen molar-refractivity contribution in [2.24, 2.45) is 0 Å². The fourth-order valence-corrected chi connectivity index (χ4v) is 4.01. The van der Waals surface area contributed by atoms with E-state index in [0.717, 1.165) is 32.2 Å². The largest absolute Gasteiger partial charge is 0.345 e. The van der Waals surface area contributed by atoms with Crippen LogP contribution in [0.4, 0.5) is 5.69 Å². The third-order valence-electron chi connectivity index (χ3n) is 4.97. The lowest BCUT2D eigenvalue weighted by Gasteiger charge is -2.44. The van der Waals surface area contributed by atoms with E-state index in [1.54, 1.807) is 12.1 Å². The molecule has 3 N–H and O–H groups in total. The molecule has 1 aliphatic carbocycles. The Bertz CT molecular complexity index is 594. The lowest BCUT2D eigenvalue weighted by molar-refractivity contribution is -0.136. The maximum Gasteiger partial charge on any atom is 0.313 e. The molecule has 1 aromatic rings. The van der Waals surface area contributed by atoms with Crippen LogP contribution >= 0.6 is 15.9 Å².